The van der Waals surface area contributed by atoms with Crippen LogP contribution in [0.1, 0.15) is 19.3 Å². The summed E-state index contributed by atoms with van der Waals surface area (Å²) in [6.45, 7) is 0. The van der Waals surface area contributed by atoms with Crippen molar-refractivity contribution in [1.29, 1.82) is 0 Å². The Morgan fingerprint density at radius 1 is 1.31 bits per heavy atom. The van der Waals surface area contributed by atoms with E-state index < -0.39 is 10.0 Å². The zero-order valence-corrected chi connectivity index (χ0v) is 9.94. The molecule has 4 nitrogen and oxygen atoms in total. The van der Waals surface area contributed by atoms with Crippen LogP contribution in [0.25, 0.3) is 0 Å². The van der Waals surface area contributed by atoms with Gasteiger partial charge in [0.05, 0.1) is 0 Å². The monoisotopic (exact) mass is 241 g/mol. The van der Waals surface area contributed by atoms with Gasteiger partial charge in [0.1, 0.15) is 10.6 Å². The van der Waals surface area contributed by atoms with Crippen LogP contribution >= 0.6 is 0 Å². The number of benzene rings is 1. The van der Waals surface area contributed by atoms with E-state index in [1.807, 2.05) is 0 Å². The zero-order chi connectivity index (χ0) is 11.8. The number of hydrogen-bond donors (Lipinski definition) is 1. The Morgan fingerprint density at radius 2 is 1.94 bits per heavy atom. The number of nitrogens with zero attached hydrogens (tertiary/aromatic N) is 1. The lowest BCUT2D eigenvalue weighted by Gasteiger charge is -2.33. The Morgan fingerprint density at radius 3 is 2.44 bits per heavy atom. The van der Waals surface area contributed by atoms with Gasteiger partial charge in [0.15, 0.2) is 0 Å². The summed E-state index contributed by atoms with van der Waals surface area (Å²) in [7, 11) is -1.97. The average molecular weight is 241 g/mol. The molecule has 1 fully saturated rings. The predicted octanol–water partition coefficient (Wildman–Crippen LogP) is 1.57. The van der Waals surface area contributed by atoms with E-state index in [1.165, 1.54) is 16.4 Å². The Hall–Kier alpha value is -1.07. The maximum Gasteiger partial charge on any atom is 0.246 e. The summed E-state index contributed by atoms with van der Waals surface area (Å²) in [5, 5.41) is 9.56. The standard InChI is InChI=1S/C11H15NO3S/c1-12(9-5-4-6-9)16(14,15)11-8-3-2-7-10(11)13/h2-3,7-9,13H,4-6H2,1H3. The first-order chi connectivity index (χ1) is 7.53. The molecule has 0 radical (unpaired) electrons. The molecule has 1 aromatic rings. The van der Waals surface area contributed by atoms with Crippen molar-refractivity contribution in [2.75, 3.05) is 7.05 Å². The van der Waals surface area contributed by atoms with Crippen molar-refractivity contribution in [1.82, 2.24) is 4.31 Å². The summed E-state index contributed by atoms with van der Waals surface area (Å²) in [6, 6.07) is 6.13. The molecular formula is C11H15NO3S. The van der Waals surface area contributed by atoms with Crippen LogP contribution in [0.5, 0.6) is 5.75 Å². The Kier molecular flexibility index (Phi) is 2.90. The fourth-order valence-electron chi connectivity index (χ4n) is 1.78. The van der Waals surface area contributed by atoms with Crippen LogP contribution in [0.2, 0.25) is 0 Å². The van der Waals surface area contributed by atoms with E-state index in [4.69, 9.17) is 0 Å². The summed E-state index contributed by atoms with van der Waals surface area (Å²) in [4.78, 5) is -0.00981. The molecule has 1 N–H and O–H groups in total. The molecule has 0 aliphatic heterocycles. The van der Waals surface area contributed by atoms with Crippen molar-refractivity contribution in [3.05, 3.63) is 24.3 Å². The third kappa shape index (κ3) is 1.81. The summed E-state index contributed by atoms with van der Waals surface area (Å²) in [5.41, 5.74) is 0. The van der Waals surface area contributed by atoms with E-state index in [2.05, 4.69) is 0 Å². The fourth-order valence-corrected chi connectivity index (χ4v) is 3.27. The summed E-state index contributed by atoms with van der Waals surface area (Å²) in [6.07, 6.45) is 2.89. The molecule has 0 aromatic heterocycles. The molecular weight excluding hydrogens is 226 g/mol. The SMILES string of the molecule is CN(C1CCC1)S(=O)(=O)c1ccccc1O. The highest BCUT2D eigenvalue weighted by molar-refractivity contribution is 7.89. The maximum atomic E-state index is 12.2. The molecule has 0 saturated heterocycles. The van der Waals surface area contributed by atoms with Crippen molar-refractivity contribution in [2.24, 2.45) is 0 Å². The van der Waals surface area contributed by atoms with E-state index in [0.717, 1.165) is 19.3 Å². The number of rotatable bonds is 3. The number of phenols is 1. The minimum atomic E-state index is -3.55. The third-order valence-electron chi connectivity index (χ3n) is 3.11. The number of aromatic hydroxyl groups is 1. The first kappa shape index (κ1) is 11.4. The van der Waals surface area contributed by atoms with Gasteiger partial charge in [-0.05, 0) is 25.0 Å². The minimum absolute atomic E-state index is 0.00981. The Labute approximate surface area is 95.6 Å². The minimum Gasteiger partial charge on any atom is -0.507 e. The molecule has 0 heterocycles. The number of hydrogen-bond acceptors (Lipinski definition) is 3. The van der Waals surface area contributed by atoms with E-state index in [-0.39, 0.29) is 16.7 Å². The topological polar surface area (TPSA) is 57.6 Å². The van der Waals surface area contributed by atoms with E-state index in [9.17, 15) is 13.5 Å². The molecule has 1 aromatic carbocycles. The molecule has 0 amide bonds. The van der Waals surface area contributed by atoms with Gasteiger partial charge in [-0.25, -0.2) is 8.42 Å². The predicted molar refractivity (Wildman–Crippen MR) is 60.7 cm³/mol. The van der Waals surface area contributed by atoms with E-state index >= 15 is 0 Å². The van der Waals surface area contributed by atoms with Gasteiger partial charge in [0.2, 0.25) is 10.0 Å². The first-order valence-corrected chi connectivity index (χ1v) is 6.73. The molecule has 1 aliphatic rings. The second-order valence-electron chi connectivity index (χ2n) is 4.07. The van der Waals surface area contributed by atoms with Crippen LogP contribution in [-0.2, 0) is 10.0 Å². The fraction of sp³-hybridized carbons (Fsp3) is 0.455. The van der Waals surface area contributed by atoms with Gasteiger partial charge in [-0.3, -0.25) is 0 Å². The van der Waals surface area contributed by atoms with E-state index in [0.29, 0.717) is 0 Å². The van der Waals surface area contributed by atoms with Gasteiger partial charge in [0, 0.05) is 13.1 Å². The van der Waals surface area contributed by atoms with Gasteiger partial charge < -0.3 is 5.11 Å². The van der Waals surface area contributed by atoms with Crippen LogP contribution in [0.15, 0.2) is 29.2 Å². The number of sulfonamides is 1. The highest BCUT2D eigenvalue weighted by Crippen LogP contribution is 2.31. The maximum absolute atomic E-state index is 12.2. The number of phenolic OH excluding ortho intramolecular Hbond substituents is 1. The summed E-state index contributed by atoms with van der Waals surface area (Å²) >= 11 is 0. The molecule has 0 atom stereocenters. The Bertz CT molecular complexity index is 480. The smallest absolute Gasteiger partial charge is 0.246 e. The van der Waals surface area contributed by atoms with Gasteiger partial charge in [-0.1, -0.05) is 18.6 Å². The summed E-state index contributed by atoms with van der Waals surface area (Å²) < 4.78 is 25.7. The quantitative estimate of drug-likeness (QED) is 0.873. The molecule has 88 valence electrons. The zero-order valence-electron chi connectivity index (χ0n) is 9.13. The van der Waals surface area contributed by atoms with E-state index in [1.54, 1.807) is 19.2 Å². The van der Waals surface area contributed by atoms with Gasteiger partial charge in [-0.15, -0.1) is 0 Å². The van der Waals surface area contributed by atoms with Gasteiger partial charge >= 0.3 is 0 Å². The molecule has 5 heteroatoms. The second-order valence-corrected chi connectivity index (χ2v) is 6.04. The normalized spacial score (nSPS) is 17.4. The summed E-state index contributed by atoms with van der Waals surface area (Å²) in [5.74, 6) is -0.186. The van der Waals surface area contributed by atoms with Crippen LogP contribution in [-0.4, -0.2) is 30.9 Å². The van der Waals surface area contributed by atoms with Crippen molar-refractivity contribution in [3.8, 4) is 5.75 Å². The largest absolute Gasteiger partial charge is 0.507 e. The number of para-hydroxylation sites is 1. The van der Waals surface area contributed by atoms with Crippen molar-refractivity contribution >= 4 is 10.0 Å². The Balaban J connectivity index is 2.35. The molecule has 2 rings (SSSR count). The van der Waals surface area contributed by atoms with Crippen molar-refractivity contribution in [2.45, 2.75) is 30.2 Å². The molecule has 0 spiro atoms. The third-order valence-corrected chi connectivity index (χ3v) is 5.07. The lowest BCUT2D eigenvalue weighted by molar-refractivity contribution is 0.249. The lowest BCUT2D eigenvalue weighted by Crippen LogP contribution is -2.41. The van der Waals surface area contributed by atoms with Crippen molar-refractivity contribution < 1.29 is 13.5 Å². The van der Waals surface area contributed by atoms with Crippen molar-refractivity contribution in [3.63, 3.8) is 0 Å². The molecule has 16 heavy (non-hydrogen) atoms. The van der Waals surface area contributed by atoms with Crippen LogP contribution in [0.3, 0.4) is 0 Å². The highest BCUT2D eigenvalue weighted by atomic mass is 32.2. The van der Waals surface area contributed by atoms with Gasteiger partial charge in [0.25, 0.3) is 0 Å². The lowest BCUT2D eigenvalue weighted by atomic mass is 9.94. The average Bonchev–Trinajstić information content (AvgIpc) is 2.15. The van der Waals surface area contributed by atoms with Gasteiger partial charge in [-0.2, -0.15) is 4.31 Å². The molecule has 0 unspecified atom stereocenters. The first-order valence-electron chi connectivity index (χ1n) is 5.29. The molecule has 1 saturated carbocycles. The highest BCUT2D eigenvalue weighted by Gasteiger charge is 2.32. The molecule has 0 bridgehead atoms. The molecule has 1 aliphatic carbocycles. The van der Waals surface area contributed by atoms with Crippen LogP contribution in [0.4, 0.5) is 0 Å². The van der Waals surface area contributed by atoms with Crippen LogP contribution in [0, 0.1) is 0 Å². The second kappa shape index (κ2) is 4.07. The van der Waals surface area contributed by atoms with Crippen LogP contribution < -0.4 is 0 Å².